The fraction of sp³-hybridized carbons (Fsp3) is 0.458. The summed E-state index contributed by atoms with van der Waals surface area (Å²) in [6.45, 7) is 6.09. The molecule has 30 heavy (non-hydrogen) atoms. The highest BCUT2D eigenvalue weighted by atomic mass is 16.6. The van der Waals surface area contributed by atoms with Gasteiger partial charge in [0.1, 0.15) is 17.9 Å². The second-order valence-electron chi connectivity index (χ2n) is 8.45. The Balaban J connectivity index is 1.77. The fourth-order valence-electron chi connectivity index (χ4n) is 4.03. The first kappa shape index (κ1) is 21.8. The number of hydrogen-bond acceptors (Lipinski definition) is 5. The Hall–Kier alpha value is -2.89. The number of carbonyl (C=O) groups is 3. The van der Waals surface area contributed by atoms with Crippen LogP contribution in [-0.2, 0) is 26.1 Å². The third-order valence-electron chi connectivity index (χ3n) is 5.72. The number of aryl methyl sites for hydroxylation is 1. The quantitative estimate of drug-likeness (QED) is 0.521. The Morgan fingerprint density at radius 1 is 1.33 bits per heavy atom. The number of carbonyl (C=O) groups excluding carboxylic acids is 3. The van der Waals surface area contributed by atoms with Crippen molar-refractivity contribution in [1.82, 2.24) is 4.57 Å². The van der Waals surface area contributed by atoms with Crippen molar-refractivity contribution in [2.24, 2.45) is 12.5 Å². The number of ketones is 1. The summed E-state index contributed by atoms with van der Waals surface area (Å²) in [5.74, 6) is -1.01. The lowest BCUT2D eigenvalue weighted by Crippen LogP contribution is -2.43. The molecule has 1 aromatic rings. The zero-order chi connectivity index (χ0) is 21.9. The number of aromatic nitrogens is 1. The van der Waals surface area contributed by atoms with E-state index in [0.29, 0.717) is 5.69 Å². The van der Waals surface area contributed by atoms with Crippen LogP contribution in [0.15, 0.2) is 53.8 Å². The number of nitrogens with zero attached hydrogens (tertiary/aromatic N) is 1. The Bertz CT molecular complexity index is 931. The Morgan fingerprint density at radius 2 is 2.10 bits per heavy atom. The van der Waals surface area contributed by atoms with Gasteiger partial charge in [0.15, 0.2) is 5.78 Å². The summed E-state index contributed by atoms with van der Waals surface area (Å²) in [6, 6.07) is 3.44. The Morgan fingerprint density at radius 3 is 2.77 bits per heavy atom. The molecule has 0 N–H and O–H groups in total. The van der Waals surface area contributed by atoms with Crippen LogP contribution < -0.4 is 0 Å². The van der Waals surface area contributed by atoms with Crippen LogP contribution in [0.4, 0.5) is 0 Å². The number of cyclic esters (lactones) is 1. The third kappa shape index (κ3) is 4.64. The molecule has 1 spiro atoms. The summed E-state index contributed by atoms with van der Waals surface area (Å²) in [7, 11) is 1.76. The van der Waals surface area contributed by atoms with Crippen molar-refractivity contribution in [2.75, 3.05) is 0 Å². The predicted octanol–water partition coefficient (Wildman–Crippen LogP) is 4.07. The monoisotopic (exact) mass is 411 g/mol. The van der Waals surface area contributed by atoms with Gasteiger partial charge in [-0.3, -0.25) is 9.59 Å². The van der Waals surface area contributed by atoms with Crippen LogP contribution in [0.2, 0.25) is 0 Å². The van der Waals surface area contributed by atoms with Crippen LogP contribution in [0.25, 0.3) is 0 Å². The minimum absolute atomic E-state index is 0.00318. The number of allylic oxidation sites excluding steroid dienone is 4. The first-order chi connectivity index (χ1) is 14.2. The molecular weight excluding hydrogens is 382 g/mol. The molecule has 1 unspecified atom stereocenters. The van der Waals surface area contributed by atoms with Gasteiger partial charge >= 0.3 is 11.9 Å². The van der Waals surface area contributed by atoms with Crippen molar-refractivity contribution in [2.45, 2.75) is 58.7 Å². The second kappa shape index (κ2) is 8.86. The molecule has 6 heteroatoms. The minimum atomic E-state index is -1.03. The molecule has 3 atom stereocenters. The van der Waals surface area contributed by atoms with E-state index >= 15 is 0 Å². The maximum Gasteiger partial charge on any atom is 0.355 e. The van der Waals surface area contributed by atoms with Gasteiger partial charge in [-0.25, -0.2) is 4.79 Å². The molecule has 1 aromatic heterocycles. The molecule has 0 bridgehead atoms. The Kier molecular flexibility index (Phi) is 6.44. The summed E-state index contributed by atoms with van der Waals surface area (Å²) in [6.07, 6.45) is 9.52. The molecule has 1 saturated heterocycles. The average molecular weight is 411 g/mol. The van der Waals surface area contributed by atoms with E-state index in [-0.39, 0.29) is 18.6 Å². The maximum atomic E-state index is 12.9. The van der Waals surface area contributed by atoms with E-state index in [4.69, 9.17) is 9.47 Å². The first-order valence-electron chi connectivity index (χ1n) is 10.3. The molecule has 160 valence electrons. The standard InChI is InChI=1S/C24H29NO5/c1-16(2)7-5-8-17(3)13-21-24(15-22(27)30-21)14-18(10-11-20(24)26)29-23(28)19-9-6-12-25(19)4/h6-7,9-13,18,21H,5,8,14-15H2,1-4H3/b17-13+/t18-,21-,24?/m1/s1. The second-order valence-corrected chi connectivity index (χ2v) is 8.45. The highest BCUT2D eigenvalue weighted by molar-refractivity contribution is 6.00. The van der Waals surface area contributed by atoms with Crippen molar-refractivity contribution in [3.63, 3.8) is 0 Å². The van der Waals surface area contributed by atoms with Gasteiger partial charge in [0.2, 0.25) is 0 Å². The molecule has 0 amide bonds. The van der Waals surface area contributed by atoms with E-state index in [1.165, 1.54) is 11.6 Å². The van der Waals surface area contributed by atoms with Crippen molar-refractivity contribution >= 4 is 17.7 Å². The zero-order valence-electron chi connectivity index (χ0n) is 18.0. The zero-order valence-corrected chi connectivity index (χ0v) is 18.0. The molecular formula is C24H29NO5. The van der Waals surface area contributed by atoms with Crippen LogP contribution in [0.3, 0.4) is 0 Å². The molecule has 1 aliphatic heterocycles. The van der Waals surface area contributed by atoms with Crippen LogP contribution in [-0.4, -0.2) is 34.5 Å². The van der Waals surface area contributed by atoms with Crippen LogP contribution in [0.1, 0.15) is 56.9 Å². The van der Waals surface area contributed by atoms with Crippen LogP contribution >= 0.6 is 0 Å². The van der Waals surface area contributed by atoms with Crippen LogP contribution in [0, 0.1) is 5.41 Å². The number of hydrogen-bond donors (Lipinski definition) is 0. The molecule has 0 radical (unpaired) electrons. The summed E-state index contributed by atoms with van der Waals surface area (Å²) in [4.78, 5) is 37.5. The highest BCUT2D eigenvalue weighted by Gasteiger charge is 2.55. The molecule has 0 aromatic carbocycles. The maximum absolute atomic E-state index is 12.9. The van der Waals surface area contributed by atoms with Gasteiger partial charge in [-0.15, -0.1) is 0 Å². The van der Waals surface area contributed by atoms with Gasteiger partial charge in [-0.2, -0.15) is 0 Å². The summed E-state index contributed by atoms with van der Waals surface area (Å²) >= 11 is 0. The minimum Gasteiger partial charge on any atom is -0.457 e. The first-order valence-corrected chi connectivity index (χ1v) is 10.3. The summed E-state index contributed by atoms with van der Waals surface area (Å²) < 4.78 is 12.9. The molecule has 3 rings (SSSR count). The van der Waals surface area contributed by atoms with E-state index in [1.807, 2.05) is 13.0 Å². The van der Waals surface area contributed by atoms with Gasteiger partial charge in [-0.1, -0.05) is 17.2 Å². The van der Waals surface area contributed by atoms with Gasteiger partial charge in [0.05, 0.1) is 11.8 Å². The van der Waals surface area contributed by atoms with E-state index in [2.05, 4.69) is 19.9 Å². The highest BCUT2D eigenvalue weighted by Crippen LogP contribution is 2.45. The molecule has 6 nitrogen and oxygen atoms in total. The predicted molar refractivity (Wildman–Crippen MR) is 113 cm³/mol. The molecule has 1 fully saturated rings. The van der Waals surface area contributed by atoms with Gasteiger partial charge in [-0.05, 0) is 64.0 Å². The average Bonchev–Trinajstić information content (AvgIpc) is 3.21. The van der Waals surface area contributed by atoms with E-state index in [1.54, 1.807) is 36.0 Å². The fourth-order valence-corrected chi connectivity index (χ4v) is 4.03. The van der Waals surface area contributed by atoms with Gasteiger partial charge in [0, 0.05) is 19.7 Å². The van der Waals surface area contributed by atoms with E-state index in [9.17, 15) is 14.4 Å². The van der Waals surface area contributed by atoms with Crippen molar-refractivity contribution in [3.05, 3.63) is 59.5 Å². The van der Waals surface area contributed by atoms with Gasteiger partial charge in [0.25, 0.3) is 0 Å². The summed E-state index contributed by atoms with van der Waals surface area (Å²) in [5, 5.41) is 0. The molecule has 1 aliphatic carbocycles. The van der Waals surface area contributed by atoms with Gasteiger partial charge < -0.3 is 14.0 Å². The molecule has 2 aliphatic rings. The topological polar surface area (TPSA) is 74.6 Å². The molecule has 2 heterocycles. The van der Waals surface area contributed by atoms with E-state index < -0.39 is 29.6 Å². The number of ether oxygens (including phenoxy) is 2. The Labute approximate surface area is 177 Å². The molecule has 0 saturated carbocycles. The van der Waals surface area contributed by atoms with Crippen LogP contribution in [0.5, 0.6) is 0 Å². The summed E-state index contributed by atoms with van der Waals surface area (Å²) in [5.41, 5.74) is 1.72. The lowest BCUT2D eigenvalue weighted by Gasteiger charge is -2.34. The van der Waals surface area contributed by atoms with Crippen molar-refractivity contribution in [3.8, 4) is 0 Å². The van der Waals surface area contributed by atoms with Crippen molar-refractivity contribution < 1.29 is 23.9 Å². The van der Waals surface area contributed by atoms with Crippen molar-refractivity contribution in [1.29, 1.82) is 0 Å². The smallest absolute Gasteiger partial charge is 0.355 e. The largest absolute Gasteiger partial charge is 0.457 e. The van der Waals surface area contributed by atoms with E-state index in [0.717, 1.165) is 18.4 Å². The third-order valence-corrected chi connectivity index (χ3v) is 5.72. The number of rotatable bonds is 6. The lowest BCUT2D eigenvalue weighted by molar-refractivity contribution is -0.140. The lowest BCUT2D eigenvalue weighted by atomic mass is 9.69. The normalized spacial score (nSPS) is 26.1. The SMILES string of the molecule is CC(C)=CCC/C(C)=C/[C@H]1OC(=O)CC12C[C@H](OC(=O)c1cccn1C)C=CC2=O. The number of esters is 2.